The summed E-state index contributed by atoms with van der Waals surface area (Å²) in [7, 11) is 3.87. The summed E-state index contributed by atoms with van der Waals surface area (Å²) < 4.78 is 14.0. The van der Waals surface area contributed by atoms with Gasteiger partial charge in [-0.3, -0.25) is 0 Å². The van der Waals surface area contributed by atoms with Crippen molar-refractivity contribution in [1.29, 1.82) is 0 Å². The van der Waals surface area contributed by atoms with E-state index in [1.807, 2.05) is 43.3 Å². The number of nitrogens with zero attached hydrogens (tertiary/aromatic N) is 4. The Labute approximate surface area is 178 Å². The highest BCUT2D eigenvalue weighted by Gasteiger charge is 2.21. The van der Waals surface area contributed by atoms with Gasteiger partial charge in [-0.25, -0.2) is 9.38 Å². The summed E-state index contributed by atoms with van der Waals surface area (Å²) in [6.07, 6.45) is 0. The van der Waals surface area contributed by atoms with E-state index in [0.717, 1.165) is 49.9 Å². The first-order valence-electron chi connectivity index (χ1n) is 10.5. The molecule has 1 saturated heterocycles. The molecular weight excluding hydrogens is 381 g/mol. The Hall–Kier alpha value is -2.80. The van der Waals surface area contributed by atoms with Crippen LogP contribution in [0.1, 0.15) is 18.1 Å². The highest BCUT2D eigenvalue weighted by Crippen LogP contribution is 2.27. The number of nitrogens with one attached hydrogen (secondary N) is 1. The maximum absolute atomic E-state index is 14.0. The lowest BCUT2D eigenvalue weighted by Crippen LogP contribution is -2.52. The average Bonchev–Trinajstić information content (AvgIpc) is 2.73. The van der Waals surface area contributed by atoms with Crippen molar-refractivity contribution in [3.8, 4) is 5.75 Å². The first-order valence-corrected chi connectivity index (χ1v) is 10.5. The highest BCUT2D eigenvalue weighted by molar-refractivity contribution is 5.80. The summed E-state index contributed by atoms with van der Waals surface area (Å²) in [4.78, 5) is 11.2. The predicted octanol–water partition coefficient (Wildman–Crippen LogP) is 2.88. The van der Waals surface area contributed by atoms with E-state index in [1.165, 1.54) is 6.07 Å². The van der Waals surface area contributed by atoms with Crippen LogP contribution in [-0.4, -0.2) is 67.7 Å². The molecule has 0 amide bonds. The SMILES string of the molecule is CCNC(=NCc1ccc(F)c(CN(C)C)c1)N1CCN(c2ccccc2O)CC1. The first-order chi connectivity index (χ1) is 14.5. The number of phenolic OH excluding ortho intramolecular Hbond substituents is 1. The van der Waals surface area contributed by atoms with Gasteiger partial charge in [-0.05, 0) is 50.8 Å². The molecule has 2 aromatic rings. The third-order valence-corrected chi connectivity index (χ3v) is 5.14. The topological polar surface area (TPSA) is 54.3 Å². The van der Waals surface area contributed by atoms with Gasteiger partial charge in [0.05, 0.1) is 12.2 Å². The molecule has 0 spiro atoms. The number of halogens is 1. The number of hydrogen-bond acceptors (Lipinski definition) is 4. The number of aromatic hydroxyl groups is 1. The van der Waals surface area contributed by atoms with Crippen LogP contribution in [0.5, 0.6) is 5.75 Å². The average molecular weight is 414 g/mol. The van der Waals surface area contributed by atoms with E-state index in [9.17, 15) is 9.50 Å². The quantitative estimate of drug-likeness (QED) is 0.563. The minimum atomic E-state index is -0.177. The Morgan fingerprint density at radius 2 is 1.87 bits per heavy atom. The van der Waals surface area contributed by atoms with Crippen LogP contribution in [0.15, 0.2) is 47.5 Å². The van der Waals surface area contributed by atoms with Crippen LogP contribution >= 0.6 is 0 Å². The highest BCUT2D eigenvalue weighted by atomic mass is 19.1. The fourth-order valence-corrected chi connectivity index (χ4v) is 3.67. The lowest BCUT2D eigenvalue weighted by molar-refractivity contribution is 0.369. The molecule has 0 aliphatic carbocycles. The zero-order valence-electron chi connectivity index (χ0n) is 18.1. The van der Waals surface area contributed by atoms with Gasteiger partial charge in [-0.1, -0.05) is 18.2 Å². The van der Waals surface area contributed by atoms with Gasteiger partial charge >= 0.3 is 0 Å². The Bertz CT molecular complexity index is 862. The lowest BCUT2D eigenvalue weighted by Gasteiger charge is -2.37. The van der Waals surface area contributed by atoms with Crippen molar-refractivity contribution in [2.45, 2.75) is 20.0 Å². The van der Waals surface area contributed by atoms with E-state index in [0.29, 0.717) is 24.4 Å². The third-order valence-electron chi connectivity index (χ3n) is 5.14. The van der Waals surface area contributed by atoms with Crippen molar-refractivity contribution in [2.75, 3.05) is 51.7 Å². The van der Waals surface area contributed by atoms with Crippen LogP contribution in [0.2, 0.25) is 0 Å². The molecule has 0 saturated carbocycles. The Balaban J connectivity index is 1.66. The minimum Gasteiger partial charge on any atom is -0.506 e. The van der Waals surface area contributed by atoms with E-state index in [1.54, 1.807) is 12.1 Å². The third kappa shape index (κ3) is 5.63. The molecule has 2 aromatic carbocycles. The van der Waals surface area contributed by atoms with Gasteiger partial charge in [-0.2, -0.15) is 0 Å². The summed E-state index contributed by atoms with van der Waals surface area (Å²) in [6.45, 7) is 7.16. The molecule has 3 rings (SSSR count). The van der Waals surface area contributed by atoms with Gasteiger partial charge in [0.1, 0.15) is 11.6 Å². The molecule has 7 heteroatoms. The fraction of sp³-hybridized carbons (Fsp3) is 0.435. The van der Waals surface area contributed by atoms with Gasteiger partial charge in [0.2, 0.25) is 0 Å². The molecule has 0 aromatic heterocycles. The molecule has 1 heterocycles. The molecule has 2 N–H and O–H groups in total. The first kappa shape index (κ1) is 21.9. The van der Waals surface area contributed by atoms with Crippen LogP contribution in [0, 0.1) is 5.82 Å². The number of aliphatic imine (C=N–C) groups is 1. The number of piperazine rings is 1. The van der Waals surface area contributed by atoms with Crippen molar-refractivity contribution < 1.29 is 9.50 Å². The molecule has 0 unspecified atom stereocenters. The van der Waals surface area contributed by atoms with E-state index in [2.05, 4.69) is 22.0 Å². The van der Waals surface area contributed by atoms with E-state index >= 15 is 0 Å². The summed E-state index contributed by atoms with van der Waals surface area (Å²) in [6, 6.07) is 12.7. The van der Waals surface area contributed by atoms with Crippen molar-refractivity contribution in [2.24, 2.45) is 4.99 Å². The van der Waals surface area contributed by atoms with Gasteiger partial charge in [0.25, 0.3) is 0 Å². The van der Waals surface area contributed by atoms with Gasteiger partial charge < -0.3 is 25.1 Å². The van der Waals surface area contributed by atoms with Gasteiger partial charge in [0, 0.05) is 44.8 Å². The molecule has 6 nitrogen and oxygen atoms in total. The van der Waals surface area contributed by atoms with Gasteiger partial charge in [0.15, 0.2) is 5.96 Å². The number of hydrogen-bond donors (Lipinski definition) is 2. The summed E-state index contributed by atoms with van der Waals surface area (Å²) >= 11 is 0. The molecule has 0 radical (unpaired) electrons. The second kappa shape index (κ2) is 10.3. The standard InChI is InChI=1S/C23H32FN5O/c1-4-25-23(26-16-18-9-10-20(24)19(15-18)17-27(2)3)29-13-11-28(12-14-29)21-7-5-6-8-22(21)30/h5-10,15,30H,4,11-14,16-17H2,1-3H3,(H,25,26). The normalized spacial score (nSPS) is 15.0. The van der Waals surface area contributed by atoms with Crippen molar-refractivity contribution in [1.82, 2.24) is 15.1 Å². The molecule has 1 aliphatic heterocycles. The minimum absolute atomic E-state index is 0.177. The maximum Gasteiger partial charge on any atom is 0.194 e. The van der Waals surface area contributed by atoms with Crippen LogP contribution in [0.25, 0.3) is 0 Å². The van der Waals surface area contributed by atoms with Crippen molar-refractivity contribution in [3.05, 3.63) is 59.4 Å². The zero-order valence-corrected chi connectivity index (χ0v) is 18.1. The van der Waals surface area contributed by atoms with E-state index in [4.69, 9.17) is 4.99 Å². The number of phenols is 1. The van der Waals surface area contributed by atoms with Crippen LogP contribution < -0.4 is 10.2 Å². The fourth-order valence-electron chi connectivity index (χ4n) is 3.67. The number of para-hydroxylation sites is 2. The Morgan fingerprint density at radius 1 is 1.13 bits per heavy atom. The van der Waals surface area contributed by atoms with E-state index in [-0.39, 0.29) is 5.82 Å². The summed E-state index contributed by atoms with van der Waals surface area (Å²) in [5.41, 5.74) is 2.56. The number of rotatable bonds is 6. The van der Waals surface area contributed by atoms with Gasteiger partial charge in [-0.15, -0.1) is 0 Å². The number of anilines is 1. The molecule has 30 heavy (non-hydrogen) atoms. The zero-order chi connectivity index (χ0) is 21.5. The van der Waals surface area contributed by atoms with Crippen LogP contribution in [0.4, 0.5) is 10.1 Å². The lowest BCUT2D eigenvalue weighted by atomic mass is 10.1. The molecular formula is C23H32FN5O. The molecule has 1 aliphatic rings. The largest absolute Gasteiger partial charge is 0.506 e. The summed E-state index contributed by atoms with van der Waals surface area (Å²) in [5, 5.41) is 13.5. The molecule has 0 atom stereocenters. The number of benzene rings is 2. The number of guanidine groups is 1. The van der Waals surface area contributed by atoms with Crippen molar-refractivity contribution in [3.63, 3.8) is 0 Å². The molecule has 162 valence electrons. The molecule has 1 fully saturated rings. The van der Waals surface area contributed by atoms with Crippen LogP contribution in [0.3, 0.4) is 0 Å². The summed E-state index contributed by atoms with van der Waals surface area (Å²) in [5.74, 6) is 1.01. The van der Waals surface area contributed by atoms with Crippen LogP contribution in [-0.2, 0) is 13.1 Å². The maximum atomic E-state index is 14.0. The second-order valence-corrected chi connectivity index (χ2v) is 7.80. The van der Waals surface area contributed by atoms with E-state index < -0.39 is 0 Å². The van der Waals surface area contributed by atoms with Crippen molar-refractivity contribution >= 4 is 11.6 Å². The Morgan fingerprint density at radius 3 is 2.53 bits per heavy atom. The second-order valence-electron chi connectivity index (χ2n) is 7.80. The monoisotopic (exact) mass is 413 g/mol. The Kier molecular flexibility index (Phi) is 7.52. The predicted molar refractivity (Wildman–Crippen MR) is 120 cm³/mol. The molecule has 0 bridgehead atoms. The smallest absolute Gasteiger partial charge is 0.194 e.